The van der Waals surface area contributed by atoms with Crippen LogP contribution in [-0.2, 0) is 0 Å². The third kappa shape index (κ3) is 3.08. The fourth-order valence-corrected chi connectivity index (χ4v) is 1.92. The van der Waals surface area contributed by atoms with Crippen LogP contribution in [0.2, 0.25) is 5.02 Å². The number of rotatable bonds is 4. The molecule has 0 radical (unpaired) electrons. The molecule has 1 aromatic carbocycles. The van der Waals surface area contributed by atoms with Gasteiger partial charge in [-0.05, 0) is 36.6 Å². The maximum Gasteiger partial charge on any atom is 0.138 e. The number of benzene rings is 1. The summed E-state index contributed by atoms with van der Waals surface area (Å²) in [7, 11) is 0. The Morgan fingerprint density at radius 3 is 2.50 bits per heavy atom. The summed E-state index contributed by atoms with van der Waals surface area (Å²) in [6.07, 6.45) is 4.93. The topological polar surface area (TPSA) is 50.9 Å². The van der Waals surface area contributed by atoms with E-state index in [9.17, 15) is 5.11 Å². The normalized spacial score (nSPS) is 15.4. The first-order valence-electron chi connectivity index (χ1n) is 6.46. The van der Waals surface area contributed by atoms with Crippen LogP contribution in [0.5, 0.6) is 0 Å². The lowest BCUT2D eigenvalue weighted by Crippen LogP contribution is -2.35. The van der Waals surface area contributed by atoms with Gasteiger partial charge in [0.2, 0.25) is 0 Å². The Morgan fingerprint density at radius 2 is 2.00 bits per heavy atom. The molecule has 106 valence electrons. The number of aliphatic hydroxyl groups is 1. The lowest BCUT2D eigenvalue weighted by molar-refractivity contribution is 0.0672. The fourth-order valence-electron chi connectivity index (χ4n) is 1.79. The van der Waals surface area contributed by atoms with Gasteiger partial charge in [-0.1, -0.05) is 37.6 Å². The van der Waals surface area contributed by atoms with Crippen LogP contribution in [0.1, 0.15) is 26.3 Å². The average Bonchev–Trinajstić information content (AvgIpc) is 2.91. The van der Waals surface area contributed by atoms with Gasteiger partial charge in [-0.25, -0.2) is 9.67 Å². The minimum absolute atomic E-state index is 0.0326. The van der Waals surface area contributed by atoms with Crippen LogP contribution in [0.15, 0.2) is 36.9 Å². The summed E-state index contributed by atoms with van der Waals surface area (Å²) in [5.41, 5.74) is 0.598. The number of aromatic nitrogens is 3. The Kier molecular flexibility index (Phi) is 4.26. The van der Waals surface area contributed by atoms with Crippen LogP contribution in [0.4, 0.5) is 0 Å². The molecule has 0 spiro atoms. The maximum atomic E-state index is 10.8. The van der Waals surface area contributed by atoms with Gasteiger partial charge in [0.1, 0.15) is 18.3 Å². The molecular formula is C15H18ClN3O. The molecule has 0 saturated carbocycles. The second-order valence-electron chi connectivity index (χ2n) is 5.22. The Bertz CT molecular complexity index is 586. The number of nitrogens with zero attached hydrogens (tertiary/aromatic N) is 3. The van der Waals surface area contributed by atoms with Crippen LogP contribution in [0, 0.1) is 5.92 Å². The highest BCUT2D eigenvalue weighted by molar-refractivity contribution is 6.30. The van der Waals surface area contributed by atoms with Crippen molar-refractivity contribution in [2.75, 3.05) is 0 Å². The smallest absolute Gasteiger partial charge is 0.138 e. The molecule has 0 saturated heterocycles. The van der Waals surface area contributed by atoms with Crippen molar-refractivity contribution in [1.29, 1.82) is 0 Å². The Hall–Kier alpha value is -1.65. The number of hydrogen-bond donors (Lipinski definition) is 1. The third-order valence-electron chi connectivity index (χ3n) is 3.48. The Balaban J connectivity index is 2.50. The SMILES string of the molecule is CC(C)C(C)(O)/C(=C\c1ccc(Cl)cc1)n1cncn1. The first kappa shape index (κ1) is 14.8. The summed E-state index contributed by atoms with van der Waals surface area (Å²) in [6, 6.07) is 7.43. The summed E-state index contributed by atoms with van der Waals surface area (Å²) in [5, 5.41) is 15.6. The van der Waals surface area contributed by atoms with Gasteiger partial charge in [-0.15, -0.1) is 0 Å². The maximum absolute atomic E-state index is 10.8. The van der Waals surface area contributed by atoms with Crippen molar-refractivity contribution in [2.45, 2.75) is 26.4 Å². The molecule has 0 fully saturated rings. The molecule has 0 bridgehead atoms. The van der Waals surface area contributed by atoms with Crippen molar-refractivity contribution in [2.24, 2.45) is 5.92 Å². The van der Waals surface area contributed by atoms with Crippen molar-refractivity contribution >= 4 is 23.4 Å². The molecule has 0 aliphatic carbocycles. The standard InChI is InChI=1S/C15H18ClN3O/c1-11(2)15(3,20)14(19-10-17-9-18-19)8-12-4-6-13(16)7-5-12/h4-11,20H,1-3H3/b14-8+. The van der Waals surface area contributed by atoms with Gasteiger partial charge >= 0.3 is 0 Å². The molecule has 0 aliphatic rings. The molecule has 1 unspecified atom stereocenters. The zero-order chi connectivity index (χ0) is 14.8. The molecule has 1 aromatic heterocycles. The van der Waals surface area contributed by atoms with E-state index in [1.807, 2.05) is 44.2 Å². The number of halogens is 1. The highest BCUT2D eigenvalue weighted by Gasteiger charge is 2.31. The highest BCUT2D eigenvalue weighted by Crippen LogP contribution is 2.30. The van der Waals surface area contributed by atoms with Crippen LogP contribution in [-0.4, -0.2) is 25.5 Å². The first-order valence-corrected chi connectivity index (χ1v) is 6.84. The Morgan fingerprint density at radius 1 is 1.35 bits per heavy atom. The lowest BCUT2D eigenvalue weighted by atomic mass is 9.88. The minimum atomic E-state index is -1.02. The van der Waals surface area contributed by atoms with Gasteiger partial charge < -0.3 is 5.11 Å². The molecular weight excluding hydrogens is 274 g/mol. The molecule has 0 aliphatic heterocycles. The van der Waals surface area contributed by atoms with Crippen molar-refractivity contribution < 1.29 is 5.11 Å². The van der Waals surface area contributed by atoms with Crippen molar-refractivity contribution in [3.63, 3.8) is 0 Å². The lowest BCUT2D eigenvalue weighted by Gasteiger charge is -2.30. The van der Waals surface area contributed by atoms with E-state index in [2.05, 4.69) is 10.1 Å². The van der Waals surface area contributed by atoms with E-state index in [4.69, 9.17) is 11.6 Å². The molecule has 1 heterocycles. The summed E-state index contributed by atoms with van der Waals surface area (Å²) in [4.78, 5) is 3.95. The van der Waals surface area contributed by atoms with E-state index in [1.54, 1.807) is 17.9 Å². The second-order valence-corrected chi connectivity index (χ2v) is 5.66. The van der Waals surface area contributed by atoms with E-state index in [-0.39, 0.29) is 5.92 Å². The van der Waals surface area contributed by atoms with E-state index in [0.717, 1.165) is 5.56 Å². The highest BCUT2D eigenvalue weighted by atomic mass is 35.5. The van der Waals surface area contributed by atoms with E-state index < -0.39 is 5.60 Å². The molecule has 20 heavy (non-hydrogen) atoms. The predicted molar refractivity (Wildman–Crippen MR) is 81.1 cm³/mol. The van der Waals surface area contributed by atoms with Crippen LogP contribution < -0.4 is 0 Å². The van der Waals surface area contributed by atoms with E-state index in [0.29, 0.717) is 10.7 Å². The molecule has 2 rings (SSSR count). The predicted octanol–water partition coefficient (Wildman–Crippen LogP) is 3.34. The van der Waals surface area contributed by atoms with Crippen molar-refractivity contribution in [3.8, 4) is 0 Å². The fraction of sp³-hybridized carbons (Fsp3) is 0.333. The number of hydrogen-bond acceptors (Lipinski definition) is 3. The average molecular weight is 292 g/mol. The van der Waals surface area contributed by atoms with Crippen LogP contribution >= 0.6 is 11.6 Å². The van der Waals surface area contributed by atoms with E-state index in [1.165, 1.54) is 6.33 Å². The van der Waals surface area contributed by atoms with Gasteiger partial charge in [0, 0.05) is 5.02 Å². The van der Waals surface area contributed by atoms with Crippen LogP contribution in [0.3, 0.4) is 0 Å². The van der Waals surface area contributed by atoms with Gasteiger partial charge in [0.25, 0.3) is 0 Å². The van der Waals surface area contributed by atoms with Crippen molar-refractivity contribution in [3.05, 3.63) is 47.5 Å². The van der Waals surface area contributed by atoms with Gasteiger partial charge in [-0.3, -0.25) is 0 Å². The molecule has 5 heteroatoms. The Labute approximate surface area is 123 Å². The third-order valence-corrected chi connectivity index (χ3v) is 3.73. The van der Waals surface area contributed by atoms with Gasteiger partial charge in [0.05, 0.1) is 5.70 Å². The monoisotopic (exact) mass is 291 g/mol. The molecule has 2 aromatic rings. The second kappa shape index (κ2) is 5.77. The molecule has 4 nitrogen and oxygen atoms in total. The quantitative estimate of drug-likeness (QED) is 0.940. The van der Waals surface area contributed by atoms with Crippen molar-refractivity contribution in [1.82, 2.24) is 14.8 Å². The first-order chi connectivity index (χ1) is 9.41. The zero-order valence-corrected chi connectivity index (χ0v) is 12.5. The zero-order valence-electron chi connectivity index (χ0n) is 11.8. The molecule has 1 atom stereocenters. The van der Waals surface area contributed by atoms with Gasteiger partial charge in [-0.2, -0.15) is 5.10 Å². The van der Waals surface area contributed by atoms with E-state index >= 15 is 0 Å². The summed E-state index contributed by atoms with van der Waals surface area (Å²) in [6.45, 7) is 5.71. The summed E-state index contributed by atoms with van der Waals surface area (Å²) in [5.74, 6) is 0.0326. The molecule has 0 amide bonds. The molecule has 1 N–H and O–H groups in total. The van der Waals surface area contributed by atoms with Crippen LogP contribution in [0.25, 0.3) is 11.8 Å². The minimum Gasteiger partial charge on any atom is -0.384 e. The summed E-state index contributed by atoms with van der Waals surface area (Å²) >= 11 is 5.89. The van der Waals surface area contributed by atoms with Gasteiger partial charge in [0.15, 0.2) is 0 Å². The summed E-state index contributed by atoms with van der Waals surface area (Å²) < 4.78 is 1.59. The largest absolute Gasteiger partial charge is 0.384 e.